The van der Waals surface area contributed by atoms with Gasteiger partial charge < -0.3 is 14.3 Å². The molecule has 238 valence electrons. The van der Waals surface area contributed by atoms with Crippen LogP contribution in [-0.2, 0) is 21.1 Å². The number of pyridine rings is 2. The Morgan fingerprint density at radius 2 is 1.30 bits per heavy atom. The Labute approximate surface area is 303 Å². The first-order valence-electron chi connectivity index (χ1n) is 16.4. The summed E-state index contributed by atoms with van der Waals surface area (Å²) in [5.41, 5.74) is 12.0. The Hall–Kier alpha value is -5.83. The molecule has 0 unspecified atom stereocenters. The van der Waals surface area contributed by atoms with Crippen molar-refractivity contribution < 1.29 is 25.8 Å². The third-order valence-corrected chi connectivity index (χ3v) is 9.56. The van der Waals surface area contributed by atoms with Crippen LogP contribution >= 0.6 is 0 Å². The Morgan fingerprint density at radius 3 is 2.14 bits per heavy atom. The second-order valence-electron chi connectivity index (χ2n) is 12.5. The summed E-state index contributed by atoms with van der Waals surface area (Å²) in [6, 6.07) is 53.5. The zero-order chi connectivity index (χ0) is 32.5. The van der Waals surface area contributed by atoms with Crippen molar-refractivity contribution in [2.45, 2.75) is 6.92 Å². The molecule has 0 saturated carbocycles. The number of ether oxygens (including phenoxy) is 1. The van der Waals surface area contributed by atoms with E-state index in [1.54, 1.807) is 0 Å². The molecule has 0 spiro atoms. The summed E-state index contributed by atoms with van der Waals surface area (Å²) in [5.74, 6) is 2.05. The number of hydrogen-bond donors (Lipinski definition) is 0. The molecule has 5 heteroatoms. The van der Waals surface area contributed by atoms with Crippen molar-refractivity contribution in [3.8, 4) is 62.0 Å². The molecule has 0 saturated heterocycles. The molecule has 3 heterocycles. The minimum Gasteiger partial charge on any atom is -0.503 e. The maximum atomic E-state index is 6.46. The number of aromatic nitrogens is 3. The summed E-state index contributed by atoms with van der Waals surface area (Å²) in [4.78, 5) is 9.69. The first kappa shape index (κ1) is 30.2. The second kappa shape index (κ2) is 11.9. The van der Waals surface area contributed by atoms with E-state index in [2.05, 4.69) is 127 Å². The average Bonchev–Trinajstić information content (AvgIpc) is 3.42. The van der Waals surface area contributed by atoms with Crippen molar-refractivity contribution >= 4 is 32.6 Å². The van der Waals surface area contributed by atoms with E-state index in [0.717, 1.165) is 55.6 Å². The maximum absolute atomic E-state index is 6.46. The zero-order valence-corrected chi connectivity index (χ0v) is 29.2. The molecular weight excluding hydrogens is 794 g/mol. The summed E-state index contributed by atoms with van der Waals surface area (Å²) in [6.45, 7) is 2.08. The smallest absolute Gasteiger partial charge is 0.503 e. The third-order valence-electron chi connectivity index (χ3n) is 9.56. The fourth-order valence-corrected chi connectivity index (χ4v) is 7.37. The predicted molar refractivity (Wildman–Crippen MR) is 198 cm³/mol. The van der Waals surface area contributed by atoms with Gasteiger partial charge in [-0.3, -0.25) is 0 Å². The minimum absolute atomic E-state index is 0. The number of benzene rings is 6. The normalized spacial score (nSPS) is 11.5. The molecule has 0 bridgehead atoms. The van der Waals surface area contributed by atoms with E-state index in [-0.39, 0.29) is 21.1 Å². The largest absolute Gasteiger partial charge is 2.00 e. The average molecular weight is 821 g/mol. The molecule has 10 rings (SSSR count). The van der Waals surface area contributed by atoms with E-state index in [0.29, 0.717) is 11.5 Å². The van der Waals surface area contributed by atoms with Gasteiger partial charge in [0.1, 0.15) is 5.82 Å². The van der Waals surface area contributed by atoms with Gasteiger partial charge in [0.25, 0.3) is 0 Å². The zero-order valence-electron chi connectivity index (χ0n) is 26.9. The number of para-hydroxylation sites is 1. The van der Waals surface area contributed by atoms with E-state index in [9.17, 15) is 0 Å². The topological polar surface area (TPSA) is 39.9 Å². The van der Waals surface area contributed by atoms with Gasteiger partial charge in [-0.25, -0.2) is 4.98 Å². The molecule has 1 aliphatic carbocycles. The van der Waals surface area contributed by atoms with Crippen LogP contribution < -0.4 is 4.74 Å². The molecule has 50 heavy (non-hydrogen) atoms. The first-order chi connectivity index (χ1) is 24.2. The number of rotatable bonds is 4. The molecule has 3 aromatic heterocycles. The molecule has 0 amide bonds. The molecular formula is C45H27N3OPt. The van der Waals surface area contributed by atoms with Crippen molar-refractivity contribution in [1.82, 2.24) is 14.5 Å². The van der Waals surface area contributed by atoms with E-state index >= 15 is 0 Å². The fourth-order valence-electron chi connectivity index (χ4n) is 7.37. The van der Waals surface area contributed by atoms with E-state index in [1.165, 1.54) is 33.0 Å². The Bertz CT molecular complexity index is 2780. The van der Waals surface area contributed by atoms with Gasteiger partial charge in [0, 0.05) is 35.0 Å². The van der Waals surface area contributed by atoms with Crippen LogP contribution in [0.4, 0.5) is 0 Å². The summed E-state index contributed by atoms with van der Waals surface area (Å²) in [5, 5.41) is 4.73. The Kier molecular flexibility index (Phi) is 7.22. The Balaban J connectivity index is 0.00000336. The molecule has 9 aromatic rings. The maximum Gasteiger partial charge on any atom is 2.00 e. The molecule has 0 atom stereocenters. The van der Waals surface area contributed by atoms with Crippen molar-refractivity contribution in [2.75, 3.05) is 0 Å². The number of aryl methyl sites for hydroxylation is 1. The molecule has 0 N–H and O–H groups in total. The molecule has 0 aliphatic heterocycles. The fraction of sp³-hybridized carbons (Fsp3) is 0.0222. The summed E-state index contributed by atoms with van der Waals surface area (Å²) in [6.07, 6.45) is 3.86. The monoisotopic (exact) mass is 820 g/mol. The summed E-state index contributed by atoms with van der Waals surface area (Å²) in [7, 11) is 0. The minimum atomic E-state index is 0. The van der Waals surface area contributed by atoms with Crippen molar-refractivity contribution in [1.29, 1.82) is 0 Å². The molecule has 6 aromatic carbocycles. The summed E-state index contributed by atoms with van der Waals surface area (Å²) >= 11 is 0. The van der Waals surface area contributed by atoms with Crippen LogP contribution in [0, 0.1) is 19.1 Å². The number of fused-ring (bicyclic) bond motifs is 8. The second-order valence-corrected chi connectivity index (χ2v) is 12.5. The quantitative estimate of drug-likeness (QED) is 0.166. The Morgan fingerprint density at radius 1 is 0.580 bits per heavy atom. The molecule has 0 fully saturated rings. The number of nitrogens with zero attached hydrogens (tertiary/aromatic N) is 3. The van der Waals surface area contributed by atoms with Gasteiger partial charge in [0.2, 0.25) is 0 Å². The van der Waals surface area contributed by atoms with Crippen molar-refractivity contribution in [3.05, 3.63) is 164 Å². The van der Waals surface area contributed by atoms with Crippen LogP contribution in [0.2, 0.25) is 0 Å². The molecule has 0 radical (unpaired) electrons. The van der Waals surface area contributed by atoms with Gasteiger partial charge in [-0.1, -0.05) is 96.5 Å². The van der Waals surface area contributed by atoms with Gasteiger partial charge in [-0.05, 0) is 80.4 Å². The van der Waals surface area contributed by atoms with Crippen LogP contribution in [0.3, 0.4) is 0 Å². The predicted octanol–water partition coefficient (Wildman–Crippen LogP) is 11.4. The van der Waals surface area contributed by atoms with Crippen LogP contribution in [0.25, 0.3) is 83.0 Å². The van der Waals surface area contributed by atoms with Gasteiger partial charge in [-0.15, -0.1) is 41.3 Å². The van der Waals surface area contributed by atoms with E-state index in [1.807, 2.05) is 42.7 Å². The van der Waals surface area contributed by atoms with Gasteiger partial charge in [0.05, 0.1) is 0 Å². The van der Waals surface area contributed by atoms with Gasteiger partial charge in [0.15, 0.2) is 0 Å². The SMILES string of the molecule is Cc1ccnc(-n2c3[c-]c(Oc4[c-]c(-c5cc6c(cn5)-c5ccccc5-c5cccc7cccc-6c57)ccc4)ccc3c3ccccc32)c1.[Pt+2]. The number of hydrogen-bond acceptors (Lipinski definition) is 3. The van der Waals surface area contributed by atoms with E-state index in [4.69, 9.17) is 14.7 Å². The van der Waals surface area contributed by atoms with Crippen molar-refractivity contribution in [3.63, 3.8) is 0 Å². The van der Waals surface area contributed by atoms with Crippen LogP contribution in [0.1, 0.15) is 5.56 Å². The van der Waals surface area contributed by atoms with Crippen LogP contribution in [0.15, 0.2) is 146 Å². The van der Waals surface area contributed by atoms with E-state index < -0.39 is 0 Å². The molecule has 4 nitrogen and oxygen atoms in total. The van der Waals surface area contributed by atoms with Crippen LogP contribution in [-0.4, -0.2) is 14.5 Å². The summed E-state index contributed by atoms with van der Waals surface area (Å²) < 4.78 is 8.61. The third kappa shape index (κ3) is 4.79. The van der Waals surface area contributed by atoms with Gasteiger partial charge in [-0.2, -0.15) is 6.07 Å². The van der Waals surface area contributed by atoms with Crippen molar-refractivity contribution in [2.24, 2.45) is 0 Å². The molecule has 1 aliphatic rings. The van der Waals surface area contributed by atoms with Gasteiger partial charge >= 0.3 is 21.1 Å². The van der Waals surface area contributed by atoms with Crippen LogP contribution in [0.5, 0.6) is 11.5 Å². The standard InChI is InChI=1S/C45H27N3O.Pt/c1-28-21-22-46-44(23-28)48-42-18-5-4-15-35(42)36-20-19-32(25-43(36)48)49-31-12-6-11-30(24-31)41-26-39-38-17-8-10-29-9-7-16-37(45(29)38)33-13-2-3-14-34(33)40(39)27-47-41;/h2-23,26-27H,1H3;/q-2;+2. The first-order valence-corrected chi connectivity index (χ1v) is 16.4.